The lowest BCUT2D eigenvalue weighted by atomic mass is 10.00. The van der Waals surface area contributed by atoms with E-state index < -0.39 is 32.3 Å². The molecule has 0 unspecified atom stereocenters. The number of benzene rings is 1. The Hall–Kier alpha value is -1.10. The lowest BCUT2D eigenvalue weighted by molar-refractivity contribution is -0.143. The molecule has 0 N–H and O–H groups in total. The molecular weight excluding hydrogens is 418 g/mol. The van der Waals surface area contributed by atoms with Crippen molar-refractivity contribution in [3.05, 3.63) is 34.9 Å². The summed E-state index contributed by atoms with van der Waals surface area (Å²) in [7, 11) is 0.326. The van der Waals surface area contributed by atoms with Gasteiger partial charge in [0, 0.05) is 26.4 Å². The molecule has 0 saturated carbocycles. The largest absolute Gasteiger partial charge is 0.500 e. The molecule has 0 aliphatic rings. The average Bonchev–Trinajstić information content (AvgIpc) is 2.61. The molecule has 168 valence electrons. The van der Waals surface area contributed by atoms with Crippen LogP contribution in [0.25, 0.3) is 0 Å². The fourth-order valence-corrected chi connectivity index (χ4v) is 5.28. The minimum atomic E-state index is -4.82. The minimum absolute atomic E-state index is 0.0350. The van der Waals surface area contributed by atoms with Gasteiger partial charge in [-0.2, -0.15) is 26.3 Å². The Morgan fingerprint density at radius 1 is 0.793 bits per heavy atom. The lowest BCUT2D eigenvalue weighted by Gasteiger charge is -2.28. The summed E-state index contributed by atoms with van der Waals surface area (Å²) < 4.78 is 94.0. The fraction of sp³-hybridized carbons (Fsp3) is 0.684. The summed E-state index contributed by atoms with van der Waals surface area (Å²) in [4.78, 5) is 0. The third-order valence-electron chi connectivity index (χ3n) is 4.38. The van der Waals surface area contributed by atoms with E-state index in [1.807, 2.05) is 13.8 Å². The van der Waals surface area contributed by atoms with Gasteiger partial charge in [-0.3, -0.25) is 0 Å². The van der Waals surface area contributed by atoms with Crippen LogP contribution >= 0.6 is 0 Å². The van der Waals surface area contributed by atoms with Gasteiger partial charge in [0.1, 0.15) is 0 Å². The highest BCUT2D eigenvalue weighted by Gasteiger charge is 2.39. The second-order valence-corrected chi connectivity index (χ2v) is 10.0. The monoisotopic (exact) mass is 446 g/mol. The van der Waals surface area contributed by atoms with E-state index >= 15 is 0 Å². The molecule has 0 spiro atoms. The van der Waals surface area contributed by atoms with E-state index in [2.05, 4.69) is 0 Å². The summed E-state index contributed by atoms with van der Waals surface area (Å²) in [6.07, 6.45) is -6.92. The summed E-state index contributed by atoms with van der Waals surface area (Å²) in [5.74, 6) is 0. The molecule has 0 aliphatic heterocycles. The Morgan fingerprint density at radius 3 is 1.69 bits per heavy atom. The molecule has 1 aromatic rings. The number of hydrogen-bond donors (Lipinski definition) is 0. The zero-order chi connectivity index (χ0) is 22.3. The molecular formula is C19H28F6O3Si. The second-order valence-electron chi connectivity index (χ2n) is 7.09. The Labute approximate surface area is 168 Å². The highest BCUT2D eigenvalue weighted by Crippen LogP contribution is 2.36. The fourth-order valence-electron chi connectivity index (χ4n) is 2.99. The maximum absolute atomic E-state index is 12.9. The van der Waals surface area contributed by atoms with Gasteiger partial charge >= 0.3 is 21.2 Å². The van der Waals surface area contributed by atoms with Crippen LogP contribution in [0.1, 0.15) is 56.2 Å². The van der Waals surface area contributed by atoms with Crippen LogP contribution < -0.4 is 0 Å². The molecule has 0 amide bonds. The molecule has 0 radical (unpaired) electrons. The van der Waals surface area contributed by atoms with Crippen molar-refractivity contribution in [2.24, 2.45) is 0 Å². The van der Waals surface area contributed by atoms with Gasteiger partial charge in [-0.1, -0.05) is 12.8 Å². The molecule has 0 atom stereocenters. The van der Waals surface area contributed by atoms with Gasteiger partial charge in [-0.25, -0.2) is 0 Å². The molecule has 10 heteroatoms. The van der Waals surface area contributed by atoms with Crippen molar-refractivity contribution in [3.63, 3.8) is 0 Å². The van der Waals surface area contributed by atoms with Gasteiger partial charge in [0.15, 0.2) is 0 Å². The topological polar surface area (TPSA) is 27.7 Å². The maximum atomic E-state index is 12.9. The minimum Gasteiger partial charge on any atom is -0.377 e. The van der Waals surface area contributed by atoms with Crippen molar-refractivity contribution in [2.45, 2.75) is 70.5 Å². The smallest absolute Gasteiger partial charge is 0.377 e. The molecule has 0 bridgehead atoms. The quantitative estimate of drug-likeness (QED) is 0.221. The predicted octanol–water partition coefficient (Wildman–Crippen LogP) is 6.48. The van der Waals surface area contributed by atoms with Gasteiger partial charge in [0.2, 0.25) is 0 Å². The van der Waals surface area contributed by atoms with Crippen molar-refractivity contribution in [1.29, 1.82) is 0 Å². The van der Waals surface area contributed by atoms with E-state index in [0.29, 0.717) is 18.9 Å². The average molecular weight is 447 g/mol. The number of rotatable bonds is 11. The van der Waals surface area contributed by atoms with Crippen LogP contribution in [0.4, 0.5) is 26.3 Å². The van der Waals surface area contributed by atoms with E-state index in [4.69, 9.17) is 13.3 Å². The molecule has 0 aromatic heterocycles. The third-order valence-corrected chi connectivity index (χ3v) is 7.42. The number of hydrogen-bond acceptors (Lipinski definition) is 3. The third kappa shape index (κ3) is 8.65. The summed E-state index contributed by atoms with van der Waals surface area (Å²) in [6, 6.07) is 2.33. The van der Waals surface area contributed by atoms with Crippen LogP contribution in [0.2, 0.25) is 6.04 Å². The SMILES string of the molecule is CO[Si](CCCCCCc1cc(C(F)(F)F)cc(C(F)(F)F)c1)(OC)OC(C)C. The van der Waals surface area contributed by atoms with E-state index in [9.17, 15) is 26.3 Å². The Kier molecular flexibility index (Phi) is 9.64. The zero-order valence-electron chi connectivity index (χ0n) is 17.0. The van der Waals surface area contributed by atoms with Gasteiger partial charge in [0.25, 0.3) is 0 Å². The van der Waals surface area contributed by atoms with Crippen molar-refractivity contribution in [1.82, 2.24) is 0 Å². The van der Waals surface area contributed by atoms with Crippen LogP contribution in [0, 0.1) is 0 Å². The molecule has 3 nitrogen and oxygen atoms in total. The van der Waals surface area contributed by atoms with Crippen LogP contribution in [0.15, 0.2) is 18.2 Å². The highest BCUT2D eigenvalue weighted by atomic mass is 28.4. The van der Waals surface area contributed by atoms with E-state index in [1.165, 1.54) is 14.2 Å². The van der Waals surface area contributed by atoms with Crippen molar-refractivity contribution >= 4 is 8.80 Å². The van der Waals surface area contributed by atoms with E-state index in [-0.39, 0.29) is 24.2 Å². The molecule has 0 aliphatic carbocycles. The number of unbranched alkanes of at least 4 members (excludes halogenated alkanes) is 3. The first-order valence-electron chi connectivity index (χ1n) is 9.39. The van der Waals surface area contributed by atoms with E-state index in [0.717, 1.165) is 25.0 Å². The molecule has 1 rings (SSSR count). The first-order valence-corrected chi connectivity index (χ1v) is 11.3. The van der Waals surface area contributed by atoms with Crippen LogP contribution in [0.3, 0.4) is 0 Å². The maximum Gasteiger partial charge on any atom is 0.500 e. The van der Waals surface area contributed by atoms with Crippen molar-refractivity contribution < 1.29 is 39.6 Å². The van der Waals surface area contributed by atoms with Crippen LogP contribution in [-0.2, 0) is 32.1 Å². The first kappa shape index (κ1) is 25.9. The van der Waals surface area contributed by atoms with Gasteiger partial charge < -0.3 is 13.3 Å². The molecule has 1 aromatic carbocycles. The molecule has 0 saturated heterocycles. The summed E-state index contributed by atoms with van der Waals surface area (Å²) in [5.41, 5.74) is -2.51. The molecule has 0 fully saturated rings. The van der Waals surface area contributed by atoms with Gasteiger partial charge in [-0.15, -0.1) is 0 Å². The van der Waals surface area contributed by atoms with E-state index in [1.54, 1.807) is 0 Å². The number of halogens is 6. The Balaban J connectivity index is 2.62. The number of alkyl halides is 6. The van der Waals surface area contributed by atoms with Crippen LogP contribution in [0.5, 0.6) is 0 Å². The summed E-state index contributed by atoms with van der Waals surface area (Å²) in [6.45, 7) is 3.76. The number of aryl methyl sites for hydroxylation is 1. The normalized spacial score (nSPS) is 13.3. The van der Waals surface area contributed by atoms with Gasteiger partial charge in [0.05, 0.1) is 11.1 Å². The first-order chi connectivity index (χ1) is 13.3. The highest BCUT2D eigenvalue weighted by molar-refractivity contribution is 6.60. The van der Waals surface area contributed by atoms with Crippen molar-refractivity contribution in [3.8, 4) is 0 Å². The van der Waals surface area contributed by atoms with Crippen molar-refractivity contribution in [2.75, 3.05) is 14.2 Å². The predicted molar refractivity (Wildman–Crippen MR) is 99.4 cm³/mol. The standard InChI is InChI=1S/C19H28F6O3Si/c1-14(2)28-29(26-3,27-4)10-8-6-5-7-9-15-11-16(18(20,21)22)13-17(12-15)19(23,24)25/h11-14H,5-10H2,1-4H3. The second kappa shape index (κ2) is 10.8. The molecule has 29 heavy (non-hydrogen) atoms. The Bertz CT molecular complexity index is 595. The van der Waals surface area contributed by atoms with Gasteiger partial charge in [-0.05, 0) is 56.9 Å². The molecule has 0 heterocycles. The van der Waals surface area contributed by atoms with Crippen LogP contribution in [-0.4, -0.2) is 29.1 Å². The summed E-state index contributed by atoms with van der Waals surface area (Å²) >= 11 is 0. The zero-order valence-corrected chi connectivity index (χ0v) is 18.0. The lowest BCUT2D eigenvalue weighted by Crippen LogP contribution is -2.45. The Morgan fingerprint density at radius 2 is 1.28 bits per heavy atom. The summed E-state index contributed by atoms with van der Waals surface area (Å²) in [5, 5.41) is 0.